The van der Waals surface area contributed by atoms with E-state index in [1.54, 1.807) is 6.92 Å². The van der Waals surface area contributed by atoms with Crippen LogP contribution in [0.2, 0.25) is 0 Å². The van der Waals surface area contributed by atoms with Crippen molar-refractivity contribution in [2.45, 2.75) is 40.5 Å². The maximum atomic E-state index is 12.7. The fraction of sp³-hybridized carbons (Fsp3) is 0.308. The maximum Gasteiger partial charge on any atom is 0.341 e. The summed E-state index contributed by atoms with van der Waals surface area (Å²) in [5, 5.41) is 5.16. The Hall–Kier alpha value is -3.12. The summed E-state index contributed by atoms with van der Waals surface area (Å²) in [5.41, 5.74) is 5.58. The van der Waals surface area contributed by atoms with Crippen molar-refractivity contribution in [3.8, 4) is 16.9 Å². The summed E-state index contributed by atoms with van der Waals surface area (Å²) in [7, 11) is 0. The van der Waals surface area contributed by atoms with Gasteiger partial charge in [0.2, 0.25) is 0 Å². The second-order valence-electron chi connectivity index (χ2n) is 7.60. The largest absolute Gasteiger partial charge is 0.484 e. The molecule has 3 aromatic rings. The molecule has 0 fully saturated rings. The third-order valence-corrected chi connectivity index (χ3v) is 6.07. The number of carbonyl (C=O) groups is 2. The topological polar surface area (TPSA) is 64.6 Å². The summed E-state index contributed by atoms with van der Waals surface area (Å²) in [6.07, 6.45) is 2.09. The molecule has 1 aromatic heterocycles. The number of hydrogen-bond donors (Lipinski definition) is 1. The number of aryl methyl sites for hydroxylation is 3. The van der Waals surface area contributed by atoms with Crippen molar-refractivity contribution >= 4 is 28.2 Å². The third kappa shape index (κ3) is 5.77. The predicted molar refractivity (Wildman–Crippen MR) is 130 cm³/mol. The molecule has 0 unspecified atom stereocenters. The van der Waals surface area contributed by atoms with Crippen molar-refractivity contribution in [2.75, 3.05) is 18.5 Å². The molecule has 3 rings (SSSR count). The number of ether oxygens (including phenoxy) is 2. The van der Waals surface area contributed by atoms with Gasteiger partial charge in [0.1, 0.15) is 16.3 Å². The molecule has 1 N–H and O–H groups in total. The number of rotatable bonds is 9. The normalized spacial score (nSPS) is 10.6. The molecule has 0 spiro atoms. The average Bonchev–Trinajstić information content (AvgIpc) is 3.19. The molecule has 0 aliphatic heterocycles. The van der Waals surface area contributed by atoms with Crippen molar-refractivity contribution in [2.24, 2.45) is 0 Å². The number of thiophene rings is 1. The second-order valence-corrected chi connectivity index (χ2v) is 8.48. The molecule has 0 saturated carbocycles. The minimum Gasteiger partial charge on any atom is -0.484 e. The van der Waals surface area contributed by atoms with Gasteiger partial charge < -0.3 is 14.8 Å². The van der Waals surface area contributed by atoms with Gasteiger partial charge in [0.25, 0.3) is 5.91 Å². The molecule has 0 aliphatic rings. The molecule has 32 heavy (non-hydrogen) atoms. The van der Waals surface area contributed by atoms with E-state index in [0.29, 0.717) is 16.3 Å². The van der Waals surface area contributed by atoms with Crippen LogP contribution in [0.3, 0.4) is 0 Å². The Morgan fingerprint density at radius 2 is 1.75 bits per heavy atom. The molecule has 168 valence electrons. The van der Waals surface area contributed by atoms with Gasteiger partial charge in [-0.15, -0.1) is 11.3 Å². The van der Waals surface area contributed by atoms with Crippen LogP contribution in [-0.4, -0.2) is 25.1 Å². The van der Waals surface area contributed by atoms with Crippen molar-refractivity contribution in [3.05, 3.63) is 70.1 Å². The predicted octanol–water partition coefficient (Wildman–Crippen LogP) is 6.18. The second kappa shape index (κ2) is 11.0. The fourth-order valence-electron chi connectivity index (χ4n) is 3.33. The van der Waals surface area contributed by atoms with Crippen LogP contribution in [0.1, 0.15) is 47.3 Å². The number of benzene rings is 2. The van der Waals surface area contributed by atoms with E-state index in [9.17, 15) is 9.59 Å². The Labute approximate surface area is 193 Å². The summed E-state index contributed by atoms with van der Waals surface area (Å²) in [6.45, 7) is 8.08. The first-order valence-electron chi connectivity index (χ1n) is 10.8. The lowest BCUT2D eigenvalue weighted by atomic mass is 9.99. The van der Waals surface area contributed by atoms with E-state index in [1.807, 2.05) is 61.7 Å². The lowest BCUT2D eigenvalue weighted by molar-refractivity contribution is -0.118. The van der Waals surface area contributed by atoms with Crippen molar-refractivity contribution in [1.82, 2.24) is 0 Å². The lowest BCUT2D eigenvalue weighted by Gasteiger charge is -2.11. The van der Waals surface area contributed by atoms with Crippen molar-refractivity contribution in [1.29, 1.82) is 0 Å². The van der Waals surface area contributed by atoms with Crippen LogP contribution < -0.4 is 10.1 Å². The Kier molecular flexibility index (Phi) is 8.06. The van der Waals surface area contributed by atoms with Crippen LogP contribution in [0.5, 0.6) is 5.75 Å². The SMILES string of the molecule is CCCc1ccc(OCC(=O)Nc2scc(-c3ccc(C)c(C)c3)c2C(=O)OCC)cc1. The van der Waals surface area contributed by atoms with Gasteiger partial charge in [0, 0.05) is 10.9 Å². The standard InChI is InChI=1S/C26H29NO4S/c1-5-7-19-9-12-21(13-10-19)31-15-23(28)27-25-24(26(29)30-6-2)22(16-32-25)20-11-8-17(3)18(4)14-20/h8-14,16H,5-7,15H2,1-4H3,(H,27,28). The van der Waals surface area contributed by atoms with Crippen LogP contribution >= 0.6 is 11.3 Å². The van der Waals surface area contributed by atoms with Crippen molar-refractivity contribution < 1.29 is 19.1 Å². The Bertz CT molecular complexity index is 1090. The molecule has 6 heteroatoms. The highest BCUT2D eigenvalue weighted by atomic mass is 32.1. The van der Waals surface area contributed by atoms with Gasteiger partial charge in [-0.05, 0) is 61.6 Å². The molecule has 0 atom stereocenters. The van der Waals surface area contributed by atoms with Gasteiger partial charge >= 0.3 is 5.97 Å². The van der Waals surface area contributed by atoms with Gasteiger partial charge in [-0.1, -0.05) is 43.7 Å². The number of amides is 1. The quantitative estimate of drug-likeness (QED) is 0.395. The van der Waals surface area contributed by atoms with E-state index in [0.717, 1.165) is 29.5 Å². The van der Waals surface area contributed by atoms with E-state index >= 15 is 0 Å². The maximum absolute atomic E-state index is 12.7. The molecule has 5 nitrogen and oxygen atoms in total. The van der Waals surface area contributed by atoms with Gasteiger partial charge in [-0.2, -0.15) is 0 Å². The number of carbonyl (C=O) groups excluding carboxylic acids is 2. The smallest absolute Gasteiger partial charge is 0.341 e. The third-order valence-electron chi connectivity index (χ3n) is 5.17. The highest BCUT2D eigenvalue weighted by molar-refractivity contribution is 7.15. The minimum atomic E-state index is -0.454. The summed E-state index contributed by atoms with van der Waals surface area (Å²) >= 11 is 1.30. The summed E-state index contributed by atoms with van der Waals surface area (Å²) in [6, 6.07) is 13.8. The highest BCUT2D eigenvalue weighted by Gasteiger charge is 2.23. The van der Waals surface area contributed by atoms with E-state index < -0.39 is 5.97 Å². The first kappa shape index (κ1) is 23.5. The first-order chi connectivity index (χ1) is 15.4. The van der Waals surface area contributed by atoms with Crippen LogP contribution in [0.4, 0.5) is 5.00 Å². The number of esters is 1. The molecule has 2 aromatic carbocycles. The lowest BCUT2D eigenvalue weighted by Crippen LogP contribution is -2.21. The fourth-order valence-corrected chi connectivity index (χ4v) is 4.30. The highest BCUT2D eigenvalue weighted by Crippen LogP contribution is 2.37. The summed E-state index contributed by atoms with van der Waals surface area (Å²) in [5.74, 6) is -0.154. The molecule has 0 saturated heterocycles. The number of hydrogen-bond acceptors (Lipinski definition) is 5. The van der Waals surface area contributed by atoms with Gasteiger partial charge in [0.15, 0.2) is 6.61 Å². The van der Waals surface area contributed by atoms with Crippen LogP contribution in [0, 0.1) is 13.8 Å². The molecule has 1 heterocycles. The Balaban J connectivity index is 1.76. The first-order valence-corrected chi connectivity index (χ1v) is 11.7. The zero-order chi connectivity index (χ0) is 23.1. The Morgan fingerprint density at radius 3 is 2.41 bits per heavy atom. The summed E-state index contributed by atoms with van der Waals surface area (Å²) in [4.78, 5) is 25.3. The van der Waals surface area contributed by atoms with E-state index in [1.165, 1.54) is 22.5 Å². The van der Waals surface area contributed by atoms with E-state index in [2.05, 4.69) is 12.2 Å². The monoisotopic (exact) mass is 451 g/mol. The minimum absolute atomic E-state index is 0.147. The zero-order valence-corrected chi connectivity index (χ0v) is 19.8. The summed E-state index contributed by atoms with van der Waals surface area (Å²) < 4.78 is 10.9. The van der Waals surface area contributed by atoms with Gasteiger partial charge in [-0.25, -0.2) is 4.79 Å². The van der Waals surface area contributed by atoms with Gasteiger partial charge in [0.05, 0.1) is 6.61 Å². The van der Waals surface area contributed by atoms with Gasteiger partial charge in [-0.3, -0.25) is 4.79 Å². The average molecular weight is 452 g/mol. The van der Waals surface area contributed by atoms with Crippen LogP contribution in [0.15, 0.2) is 47.8 Å². The molecule has 0 aliphatic carbocycles. The van der Waals surface area contributed by atoms with Crippen LogP contribution in [0.25, 0.3) is 11.1 Å². The zero-order valence-electron chi connectivity index (χ0n) is 19.0. The molecule has 0 bridgehead atoms. The number of anilines is 1. The van der Waals surface area contributed by atoms with Crippen molar-refractivity contribution in [3.63, 3.8) is 0 Å². The van der Waals surface area contributed by atoms with E-state index in [4.69, 9.17) is 9.47 Å². The Morgan fingerprint density at radius 1 is 1.00 bits per heavy atom. The number of nitrogens with one attached hydrogen (secondary N) is 1. The molecular formula is C26H29NO4S. The molecule has 1 amide bonds. The molecule has 0 radical (unpaired) electrons. The van der Waals surface area contributed by atoms with Crippen LogP contribution in [-0.2, 0) is 16.0 Å². The van der Waals surface area contributed by atoms with E-state index in [-0.39, 0.29) is 19.1 Å². The molecular weight excluding hydrogens is 422 g/mol.